The van der Waals surface area contributed by atoms with Gasteiger partial charge in [-0.1, -0.05) is 13.8 Å². The quantitative estimate of drug-likeness (QED) is 0.637. The summed E-state index contributed by atoms with van der Waals surface area (Å²) in [5.41, 5.74) is 2.15. The molecule has 1 aromatic rings. The smallest absolute Gasteiger partial charge is 0.0265 e. The van der Waals surface area contributed by atoms with Crippen LogP contribution >= 0.6 is 0 Å². The van der Waals surface area contributed by atoms with Gasteiger partial charge in [0.2, 0.25) is 0 Å². The molecule has 0 saturated heterocycles. The maximum Gasteiger partial charge on any atom is 0.0265 e. The minimum Gasteiger partial charge on any atom is -0.426 e. The van der Waals surface area contributed by atoms with Crippen LogP contribution in [0.4, 0.5) is 0 Å². The van der Waals surface area contributed by atoms with Crippen molar-refractivity contribution in [2.24, 2.45) is 7.05 Å². The molecule has 3 heteroatoms. The number of rotatable bonds is 1. The monoisotopic (exact) mass is 212 g/mol. The van der Waals surface area contributed by atoms with Gasteiger partial charge >= 0.3 is 0 Å². The van der Waals surface area contributed by atoms with Crippen LogP contribution in [0.15, 0.2) is 0 Å². The number of aromatic nitrogens is 2. The van der Waals surface area contributed by atoms with Gasteiger partial charge < -0.3 is 10.7 Å². The second kappa shape index (κ2) is 4.25. The summed E-state index contributed by atoms with van der Waals surface area (Å²) < 4.78 is 1.85. The summed E-state index contributed by atoms with van der Waals surface area (Å²) in [7, 11) is 1.94. The first-order chi connectivity index (χ1) is 4.24. The van der Waals surface area contributed by atoms with Gasteiger partial charge in [0.15, 0.2) is 0 Å². The van der Waals surface area contributed by atoms with Crippen molar-refractivity contribution in [1.29, 1.82) is 0 Å². The van der Waals surface area contributed by atoms with Crippen molar-refractivity contribution in [1.82, 2.24) is 9.78 Å². The predicted molar refractivity (Wildman–Crippen MR) is 36.2 cm³/mol. The molecular weight excluding hydrogens is 201 g/mol. The Hall–Kier alpha value is 0.314. The van der Waals surface area contributed by atoms with E-state index in [1.165, 1.54) is 0 Å². The van der Waals surface area contributed by atoms with Crippen LogP contribution in [0.1, 0.15) is 18.3 Å². The van der Waals surface area contributed by atoms with Crippen LogP contribution in [0, 0.1) is 13.0 Å². The minimum atomic E-state index is 0. The van der Waals surface area contributed by atoms with Gasteiger partial charge in [-0.25, -0.2) is 5.10 Å². The van der Waals surface area contributed by atoms with Crippen molar-refractivity contribution in [3.63, 3.8) is 0 Å². The summed E-state index contributed by atoms with van der Waals surface area (Å²) in [5, 5.41) is 4.19. The van der Waals surface area contributed by atoms with E-state index in [1.807, 2.05) is 18.7 Å². The SMILES string of the molecule is CCc1[c-]c(C)n(C)n1.[Y]. The molecule has 1 radical (unpaired) electrons. The van der Waals surface area contributed by atoms with E-state index >= 15 is 0 Å². The van der Waals surface area contributed by atoms with Crippen molar-refractivity contribution in [3.05, 3.63) is 17.5 Å². The molecule has 0 N–H and O–H groups in total. The Morgan fingerprint density at radius 1 is 1.60 bits per heavy atom. The Balaban J connectivity index is 0.000000810. The summed E-state index contributed by atoms with van der Waals surface area (Å²) in [4.78, 5) is 0. The summed E-state index contributed by atoms with van der Waals surface area (Å²) in [6.07, 6.45) is 0.974. The molecule has 0 amide bonds. The molecule has 0 saturated carbocycles. The molecule has 0 atom stereocenters. The maximum atomic E-state index is 4.19. The first-order valence-electron chi connectivity index (χ1n) is 3.16. The number of aryl methyl sites for hydroxylation is 3. The summed E-state index contributed by atoms with van der Waals surface area (Å²) in [6.45, 7) is 4.09. The third-order valence-electron chi connectivity index (χ3n) is 1.42. The molecule has 1 rings (SSSR count). The average Bonchev–Trinajstić information content (AvgIpc) is 2.13. The van der Waals surface area contributed by atoms with Crippen LogP contribution in [-0.4, -0.2) is 9.78 Å². The zero-order valence-corrected chi connectivity index (χ0v) is 9.52. The zero-order chi connectivity index (χ0) is 6.85. The van der Waals surface area contributed by atoms with Crippen LogP contribution < -0.4 is 0 Å². The molecule has 0 aliphatic heterocycles. The molecule has 1 aromatic heterocycles. The molecule has 2 nitrogen and oxygen atoms in total. The van der Waals surface area contributed by atoms with E-state index in [4.69, 9.17) is 0 Å². The fraction of sp³-hybridized carbons (Fsp3) is 0.571. The van der Waals surface area contributed by atoms with Gasteiger partial charge in [0, 0.05) is 39.8 Å². The normalized spacial score (nSPS) is 9.10. The minimum absolute atomic E-state index is 0. The largest absolute Gasteiger partial charge is 0.426 e. The molecule has 0 unspecified atom stereocenters. The standard InChI is InChI=1S/C7H11N2.Y/c1-4-7-5-6(2)9(3)8-7;/h4H2,1-3H3;/q-1;. The van der Waals surface area contributed by atoms with Gasteiger partial charge in [0.1, 0.15) is 0 Å². The summed E-state index contributed by atoms with van der Waals surface area (Å²) in [6, 6.07) is 3.15. The van der Waals surface area contributed by atoms with Crippen LogP contribution in [-0.2, 0) is 46.2 Å². The van der Waals surface area contributed by atoms with Crippen molar-refractivity contribution < 1.29 is 32.7 Å². The van der Waals surface area contributed by atoms with Gasteiger partial charge in [-0.05, 0) is 6.42 Å². The van der Waals surface area contributed by atoms with E-state index in [2.05, 4.69) is 18.1 Å². The first kappa shape index (κ1) is 10.3. The number of nitrogens with zero attached hydrogens (tertiary/aromatic N) is 2. The zero-order valence-electron chi connectivity index (χ0n) is 6.68. The molecule has 0 aliphatic carbocycles. The van der Waals surface area contributed by atoms with Gasteiger partial charge in [-0.2, -0.15) is 0 Å². The van der Waals surface area contributed by atoms with E-state index < -0.39 is 0 Å². The molecule has 0 fully saturated rings. The summed E-state index contributed by atoms with van der Waals surface area (Å²) >= 11 is 0. The van der Waals surface area contributed by atoms with Gasteiger partial charge in [0.05, 0.1) is 0 Å². The third-order valence-corrected chi connectivity index (χ3v) is 1.42. The molecule has 0 aromatic carbocycles. The molecule has 0 aliphatic rings. The van der Waals surface area contributed by atoms with E-state index in [-0.39, 0.29) is 32.7 Å². The van der Waals surface area contributed by atoms with E-state index in [9.17, 15) is 0 Å². The first-order valence-corrected chi connectivity index (χ1v) is 3.16. The van der Waals surface area contributed by atoms with Crippen molar-refractivity contribution in [3.8, 4) is 0 Å². The summed E-state index contributed by atoms with van der Waals surface area (Å²) in [5.74, 6) is 0. The Morgan fingerprint density at radius 2 is 2.20 bits per heavy atom. The van der Waals surface area contributed by atoms with Crippen LogP contribution in [0.5, 0.6) is 0 Å². The topological polar surface area (TPSA) is 17.8 Å². The maximum absolute atomic E-state index is 4.19. The predicted octanol–water partition coefficient (Wildman–Crippen LogP) is 1.09. The van der Waals surface area contributed by atoms with E-state index in [1.54, 1.807) is 0 Å². The Bertz CT molecular complexity index is 186. The van der Waals surface area contributed by atoms with Gasteiger partial charge in [0.25, 0.3) is 0 Å². The second-order valence-corrected chi connectivity index (χ2v) is 2.13. The third kappa shape index (κ3) is 2.17. The fourth-order valence-electron chi connectivity index (χ4n) is 0.730. The van der Waals surface area contributed by atoms with Gasteiger partial charge in [-0.15, -0.1) is 11.4 Å². The van der Waals surface area contributed by atoms with Crippen LogP contribution in [0.25, 0.3) is 0 Å². The van der Waals surface area contributed by atoms with Crippen molar-refractivity contribution in [2.45, 2.75) is 20.3 Å². The molecular formula is C7H11N2Y-. The molecule has 1 heterocycles. The Kier molecular flexibility index (Phi) is 4.38. The Labute approximate surface area is 86.9 Å². The number of hydrogen-bond acceptors (Lipinski definition) is 1. The fourth-order valence-corrected chi connectivity index (χ4v) is 0.730. The molecule has 0 spiro atoms. The average molecular weight is 212 g/mol. The van der Waals surface area contributed by atoms with Crippen molar-refractivity contribution in [2.75, 3.05) is 0 Å². The molecule has 53 valence electrons. The van der Waals surface area contributed by atoms with E-state index in [0.29, 0.717) is 0 Å². The van der Waals surface area contributed by atoms with Crippen molar-refractivity contribution >= 4 is 0 Å². The van der Waals surface area contributed by atoms with E-state index in [0.717, 1.165) is 17.8 Å². The second-order valence-electron chi connectivity index (χ2n) is 2.13. The molecule has 10 heavy (non-hydrogen) atoms. The van der Waals surface area contributed by atoms with Crippen LogP contribution in [0.2, 0.25) is 0 Å². The molecule has 0 bridgehead atoms. The number of hydrogen-bond donors (Lipinski definition) is 0. The van der Waals surface area contributed by atoms with Crippen LogP contribution in [0.3, 0.4) is 0 Å². The Morgan fingerprint density at radius 3 is 2.40 bits per heavy atom. The van der Waals surface area contributed by atoms with Gasteiger partial charge in [-0.3, -0.25) is 0 Å².